The second kappa shape index (κ2) is 7.94. The maximum atomic E-state index is 14.2. The van der Waals surface area contributed by atoms with Crippen LogP contribution < -0.4 is 10.1 Å². The van der Waals surface area contributed by atoms with E-state index in [1.807, 2.05) is 49.4 Å². The maximum absolute atomic E-state index is 14.2. The Labute approximate surface area is 170 Å². The predicted octanol–water partition coefficient (Wildman–Crippen LogP) is 6.16. The molecule has 0 fully saturated rings. The average molecular weight is 438 g/mol. The predicted molar refractivity (Wildman–Crippen MR) is 112 cm³/mol. The van der Waals surface area contributed by atoms with E-state index in [-0.39, 0.29) is 5.82 Å². The van der Waals surface area contributed by atoms with Gasteiger partial charge in [0.25, 0.3) is 0 Å². The van der Waals surface area contributed by atoms with E-state index in [1.54, 1.807) is 12.1 Å². The first kappa shape index (κ1) is 18.4. The number of nitrogens with zero attached hydrogens (tertiary/aromatic N) is 2. The largest absolute Gasteiger partial charge is 0.489 e. The molecular weight excluding hydrogens is 421 g/mol. The maximum Gasteiger partial charge on any atom is 0.147 e. The summed E-state index contributed by atoms with van der Waals surface area (Å²) >= 11 is 3.26. The van der Waals surface area contributed by atoms with Gasteiger partial charge in [0.05, 0.1) is 11.2 Å². The first-order valence-electron chi connectivity index (χ1n) is 8.74. The van der Waals surface area contributed by atoms with Crippen LogP contribution in [0.5, 0.6) is 5.75 Å². The molecule has 0 radical (unpaired) electrons. The van der Waals surface area contributed by atoms with Crippen molar-refractivity contribution in [1.82, 2.24) is 9.97 Å². The molecule has 1 aromatic heterocycles. The van der Waals surface area contributed by atoms with Crippen LogP contribution in [0.3, 0.4) is 0 Å². The number of hydrogen-bond donors (Lipinski definition) is 1. The van der Waals surface area contributed by atoms with E-state index in [0.717, 1.165) is 27.8 Å². The summed E-state index contributed by atoms with van der Waals surface area (Å²) in [5, 5.41) is 3.86. The zero-order valence-electron chi connectivity index (χ0n) is 15.1. The van der Waals surface area contributed by atoms with Gasteiger partial charge in [-0.15, -0.1) is 0 Å². The molecule has 4 nitrogen and oxygen atoms in total. The summed E-state index contributed by atoms with van der Waals surface area (Å²) in [5.74, 6) is 0.945. The van der Waals surface area contributed by atoms with E-state index >= 15 is 0 Å². The highest BCUT2D eigenvalue weighted by atomic mass is 79.9. The van der Waals surface area contributed by atoms with Crippen LogP contribution in [-0.2, 0) is 6.61 Å². The molecule has 0 aliphatic carbocycles. The van der Waals surface area contributed by atoms with Gasteiger partial charge in [0.1, 0.15) is 30.3 Å². The van der Waals surface area contributed by atoms with Gasteiger partial charge in [0, 0.05) is 15.9 Å². The third-order valence-corrected chi connectivity index (χ3v) is 4.85. The lowest BCUT2D eigenvalue weighted by molar-refractivity contribution is 0.304. The van der Waals surface area contributed by atoms with Crippen LogP contribution in [0.2, 0.25) is 0 Å². The first-order chi connectivity index (χ1) is 13.6. The number of nitrogens with one attached hydrogen (secondary N) is 1. The standard InChI is InChI=1S/C22H17BrFN3O/c1-14-9-17-20(11-21(14)28-12-15-5-3-2-4-6-15)25-13-26-22(17)27-19-8-7-16(23)10-18(19)24/h2-11,13H,12H2,1H3,(H,25,26,27). The number of ether oxygens (including phenoxy) is 1. The summed E-state index contributed by atoms with van der Waals surface area (Å²) in [6.45, 7) is 2.45. The third kappa shape index (κ3) is 3.97. The van der Waals surface area contributed by atoms with E-state index in [9.17, 15) is 4.39 Å². The normalized spacial score (nSPS) is 10.8. The highest BCUT2D eigenvalue weighted by Gasteiger charge is 2.11. The quantitative estimate of drug-likeness (QED) is 0.405. The van der Waals surface area contributed by atoms with Crippen molar-refractivity contribution in [1.29, 1.82) is 0 Å². The Morgan fingerprint density at radius 3 is 2.64 bits per heavy atom. The number of rotatable bonds is 5. The van der Waals surface area contributed by atoms with Crippen LogP contribution in [-0.4, -0.2) is 9.97 Å². The van der Waals surface area contributed by atoms with Crippen LogP contribution >= 0.6 is 15.9 Å². The molecule has 140 valence electrons. The molecule has 6 heteroatoms. The van der Waals surface area contributed by atoms with E-state index < -0.39 is 0 Å². The topological polar surface area (TPSA) is 47.0 Å². The summed E-state index contributed by atoms with van der Waals surface area (Å²) in [6.07, 6.45) is 1.46. The molecule has 3 aromatic carbocycles. The van der Waals surface area contributed by atoms with Crippen LogP contribution in [0, 0.1) is 12.7 Å². The van der Waals surface area contributed by atoms with E-state index in [4.69, 9.17) is 4.74 Å². The van der Waals surface area contributed by atoms with E-state index in [2.05, 4.69) is 31.2 Å². The number of halogens is 2. The number of aryl methyl sites for hydroxylation is 1. The van der Waals surface area contributed by atoms with Crippen molar-refractivity contribution in [3.8, 4) is 5.75 Å². The van der Waals surface area contributed by atoms with Gasteiger partial charge in [-0.2, -0.15) is 0 Å². The van der Waals surface area contributed by atoms with Gasteiger partial charge in [-0.3, -0.25) is 0 Å². The fourth-order valence-corrected chi connectivity index (χ4v) is 3.23. The zero-order valence-corrected chi connectivity index (χ0v) is 16.7. The number of benzene rings is 3. The third-order valence-electron chi connectivity index (χ3n) is 4.35. The van der Waals surface area contributed by atoms with Crippen molar-refractivity contribution >= 4 is 38.3 Å². The van der Waals surface area contributed by atoms with Gasteiger partial charge in [0.2, 0.25) is 0 Å². The average Bonchev–Trinajstić information content (AvgIpc) is 2.70. The van der Waals surface area contributed by atoms with Crippen LogP contribution in [0.4, 0.5) is 15.9 Å². The number of aromatic nitrogens is 2. The molecule has 0 saturated heterocycles. The smallest absolute Gasteiger partial charge is 0.147 e. The van der Waals surface area contributed by atoms with Gasteiger partial charge in [-0.05, 0) is 42.3 Å². The van der Waals surface area contributed by atoms with Crippen LogP contribution in [0.1, 0.15) is 11.1 Å². The molecule has 0 aliphatic rings. The van der Waals surface area contributed by atoms with Crippen molar-refractivity contribution in [2.24, 2.45) is 0 Å². The second-order valence-corrected chi connectivity index (χ2v) is 7.30. The number of hydrogen-bond acceptors (Lipinski definition) is 4. The lowest BCUT2D eigenvalue weighted by atomic mass is 10.1. The Bertz CT molecular complexity index is 1140. The number of fused-ring (bicyclic) bond motifs is 1. The van der Waals surface area contributed by atoms with Gasteiger partial charge in [-0.1, -0.05) is 46.3 Å². The lowest BCUT2D eigenvalue weighted by Gasteiger charge is -2.13. The van der Waals surface area contributed by atoms with Gasteiger partial charge in [-0.25, -0.2) is 14.4 Å². The molecule has 0 amide bonds. The van der Waals surface area contributed by atoms with Crippen LogP contribution in [0.15, 0.2) is 71.5 Å². The molecule has 28 heavy (non-hydrogen) atoms. The molecule has 0 spiro atoms. The van der Waals surface area contributed by atoms with Gasteiger partial charge >= 0.3 is 0 Å². The SMILES string of the molecule is Cc1cc2c(Nc3ccc(Br)cc3F)ncnc2cc1OCc1ccccc1. The van der Waals surface area contributed by atoms with Crippen molar-refractivity contribution in [2.45, 2.75) is 13.5 Å². The summed E-state index contributed by atoms with van der Waals surface area (Å²) in [7, 11) is 0. The Hall–Kier alpha value is -2.99. The summed E-state index contributed by atoms with van der Waals surface area (Å²) in [4.78, 5) is 8.63. The summed E-state index contributed by atoms with van der Waals surface area (Å²) in [6, 6.07) is 18.7. The molecular formula is C22H17BrFN3O. The molecule has 0 unspecified atom stereocenters. The Balaban J connectivity index is 1.64. The van der Waals surface area contributed by atoms with Crippen molar-refractivity contribution in [3.05, 3.63) is 88.4 Å². The van der Waals surface area contributed by atoms with E-state index in [1.165, 1.54) is 12.4 Å². The molecule has 0 atom stereocenters. The minimum atomic E-state index is -0.360. The number of anilines is 2. The minimum absolute atomic E-state index is 0.352. The first-order valence-corrected chi connectivity index (χ1v) is 9.53. The van der Waals surface area contributed by atoms with E-state index in [0.29, 0.717) is 22.6 Å². The van der Waals surface area contributed by atoms with Crippen molar-refractivity contribution in [3.63, 3.8) is 0 Å². The second-order valence-electron chi connectivity index (χ2n) is 6.38. The Morgan fingerprint density at radius 1 is 1.04 bits per heavy atom. The fraction of sp³-hybridized carbons (Fsp3) is 0.0909. The highest BCUT2D eigenvalue weighted by molar-refractivity contribution is 9.10. The minimum Gasteiger partial charge on any atom is -0.489 e. The highest BCUT2D eigenvalue weighted by Crippen LogP contribution is 2.31. The van der Waals surface area contributed by atoms with Gasteiger partial charge in [0.15, 0.2) is 0 Å². The molecule has 4 rings (SSSR count). The Kier molecular flexibility index (Phi) is 5.21. The fourth-order valence-electron chi connectivity index (χ4n) is 2.90. The van der Waals surface area contributed by atoms with Crippen LogP contribution in [0.25, 0.3) is 10.9 Å². The van der Waals surface area contributed by atoms with Crippen molar-refractivity contribution in [2.75, 3.05) is 5.32 Å². The molecule has 1 N–H and O–H groups in total. The monoisotopic (exact) mass is 437 g/mol. The lowest BCUT2D eigenvalue weighted by Crippen LogP contribution is -2.00. The molecule has 1 heterocycles. The molecule has 4 aromatic rings. The summed E-state index contributed by atoms with van der Waals surface area (Å²) in [5.41, 5.74) is 3.13. The molecule has 0 bridgehead atoms. The van der Waals surface area contributed by atoms with Crippen molar-refractivity contribution < 1.29 is 9.13 Å². The summed E-state index contributed by atoms with van der Waals surface area (Å²) < 4.78 is 20.8. The van der Waals surface area contributed by atoms with Gasteiger partial charge < -0.3 is 10.1 Å². The molecule has 0 saturated carbocycles. The Morgan fingerprint density at radius 2 is 1.86 bits per heavy atom. The molecule has 0 aliphatic heterocycles. The zero-order chi connectivity index (χ0) is 19.5.